The molecule has 581 valence electrons. The van der Waals surface area contributed by atoms with Crippen LogP contribution in [0.15, 0.2) is 120 Å². The first kappa shape index (κ1) is 93.7. The second kappa shape index (κ2) is 48.2. The number of Topliss-reactive ketones (excluding diaryl/α,β-unsaturated/α-hetero) is 1. The molecular weight excluding hydrogens is 1640 g/mol. The van der Waals surface area contributed by atoms with E-state index in [-0.39, 0.29) is 139 Å². The number of para-hydroxylation sites is 1. The summed E-state index contributed by atoms with van der Waals surface area (Å²) in [6.45, 7) is 33.4. The minimum Gasteiger partial charge on any atom is -0.792 e. The van der Waals surface area contributed by atoms with Gasteiger partial charge >= 0.3 is 30.2 Å². The summed E-state index contributed by atoms with van der Waals surface area (Å²) in [5, 5.41) is 84.7. The molecule has 10 amide bonds. The van der Waals surface area contributed by atoms with Gasteiger partial charge in [-0.05, 0) is 93.5 Å². The molecule has 5 aliphatic rings. The number of hydrogen-bond acceptors (Lipinski definition) is 17. The summed E-state index contributed by atoms with van der Waals surface area (Å²) in [6.07, 6.45) is 4.55. The molecule has 3 radical (unpaired) electrons. The van der Waals surface area contributed by atoms with E-state index in [2.05, 4.69) is 37.1 Å². The molecule has 1 unspecified atom stereocenters. The molecule has 1 atom stereocenters. The molecular formula is C76H95N16O15Y3-3. The van der Waals surface area contributed by atoms with Gasteiger partial charge in [-0.25, -0.2) is 28.7 Å². The van der Waals surface area contributed by atoms with E-state index in [1.807, 2.05) is 71.9 Å². The quantitative estimate of drug-likeness (QED) is 0.00483. The van der Waals surface area contributed by atoms with Crippen LogP contribution in [0, 0.1) is 67.6 Å². The van der Waals surface area contributed by atoms with Gasteiger partial charge in [-0.3, -0.25) is 10.1 Å². The number of carbonyl (C=O) groups excluding carboxylic acids is 6. The molecule has 0 spiro atoms. The van der Waals surface area contributed by atoms with Crippen LogP contribution in [0.1, 0.15) is 85.1 Å². The predicted molar refractivity (Wildman–Crippen MR) is 408 cm³/mol. The van der Waals surface area contributed by atoms with Crippen LogP contribution in [0.25, 0.3) is 0 Å². The van der Waals surface area contributed by atoms with E-state index >= 15 is 0 Å². The summed E-state index contributed by atoms with van der Waals surface area (Å²) in [6, 6.07) is 32.4. The Bertz CT molecular complexity index is 4140. The van der Waals surface area contributed by atoms with Crippen molar-refractivity contribution in [2.24, 2.45) is 5.16 Å². The molecule has 5 saturated heterocycles. The van der Waals surface area contributed by atoms with Gasteiger partial charge in [0.2, 0.25) is 5.69 Å². The van der Waals surface area contributed by atoms with E-state index in [4.69, 9.17) is 27.6 Å². The van der Waals surface area contributed by atoms with Gasteiger partial charge in [-0.15, -0.1) is 0 Å². The van der Waals surface area contributed by atoms with Crippen LogP contribution in [0.2, 0.25) is 0 Å². The van der Waals surface area contributed by atoms with E-state index in [1.165, 1.54) is 25.4 Å². The molecule has 6 aromatic carbocycles. The predicted octanol–water partition coefficient (Wildman–Crippen LogP) is 7.26. The number of hydroxylamine groups is 1. The molecule has 0 bridgehead atoms. The standard InChI is InChI=1S/C21H25N3O3.C16H23N3O3.C14H17N3O3.C13H17N4O3.C12H14N3O3.3Y/c1-15-13-16(2)20(27-12-11-23-10-9-22-21(23)25)17(3)19(15)14-24(26)18-7-5-4-6-8-18;1-11-9-12(2)15(13(3)14(11)10-18(4)21)22-8-7-19-6-5-17-16(19)20;18-13(2-1-8-17-9-7-15-14(17)19)12-5-3-11(4-6-12)10-16-20;1-16(20)11-4-2-10(3-5-11)12(18)14-6-8-17-9-7-15-13(17)19;1-14(17)10-2-4-11(5-3-10)18-9-8-15-7-6-13-12(15)16;;;/h4-8,13-14H,9-12H2,1-3H3,(H,22,25);9-10H,5-8H2,1-4H3,(H,17,20);3-6,10,20H,1-2,7-9H2,(H,15,19);1-5,12,14,18H,6-9H2,(H,15,19);1-5H,6-9H2,(H,13,16);;;/q;;;2*-1;;;/p-1/b;;16-10+;;;;;. The van der Waals surface area contributed by atoms with E-state index in [1.54, 1.807) is 110 Å². The number of aliphatic hydroxyl groups excluding tert-OH is 1. The van der Waals surface area contributed by atoms with Crippen molar-refractivity contribution in [3.63, 3.8) is 0 Å². The van der Waals surface area contributed by atoms with E-state index in [0.29, 0.717) is 182 Å². The molecule has 0 aliphatic carbocycles. The van der Waals surface area contributed by atoms with Crippen LogP contribution in [-0.2, 0) is 98.1 Å². The topological polar surface area (TPSA) is 378 Å². The maximum absolute atomic E-state index is 12.5. The van der Waals surface area contributed by atoms with Crippen molar-refractivity contribution in [2.45, 2.75) is 60.6 Å². The fourth-order valence-corrected chi connectivity index (χ4v) is 11.9. The van der Waals surface area contributed by atoms with Crippen LogP contribution in [0.5, 0.6) is 17.2 Å². The zero-order valence-electron chi connectivity index (χ0n) is 63.1. The fraction of sp³-hybridized carbons (Fsp3) is 0.382. The molecule has 5 aliphatic heterocycles. The third-order valence-corrected chi connectivity index (χ3v) is 17.6. The van der Waals surface area contributed by atoms with Crippen molar-refractivity contribution in [1.82, 2.24) is 56.4 Å². The zero-order valence-corrected chi connectivity index (χ0v) is 71.7. The van der Waals surface area contributed by atoms with Crippen molar-refractivity contribution in [1.29, 1.82) is 0 Å². The number of amides is 10. The number of hydrogen-bond donors (Lipinski definition) is 7. The monoisotopic (exact) mass is 1740 g/mol. The van der Waals surface area contributed by atoms with E-state index in [0.717, 1.165) is 65.5 Å². The number of urea groups is 5. The molecule has 31 nitrogen and oxygen atoms in total. The molecule has 0 aromatic heterocycles. The van der Waals surface area contributed by atoms with Gasteiger partial charge in [-0.1, -0.05) is 91.0 Å². The van der Waals surface area contributed by atoms with Gasteiger partial charge in [0, 0.05) is 249 Å². The Morgan fingerprint density at radius 1 is 0.536 bits per heavy atom. The van der Waals surface area contributed by atoms with Gasteiger partial charge in [0.05, 0.1) is 31.0 Å². The molecule has 6 aromatic rings. The molecule has 7 N–H and O–H groups in total. The Kier molecular flexibility index (Phi) is 41.0. The Hall–Kier alpha value is -8.68. The van der Waals surface area contributed by atoms with Crippen LogP contribution in [-0.4, -0.2) is 248 Å². The molecule has 110 heavy (non-hydrogen) atoms. The number of rotatable bonds is 28. The Labute approximate surface area is 717 Å². The molecule has 5 heterocycles. The van der Waals surface area contributed by atoms with Crippen molar-refractivity contribution < 1.29 is 165 Å². The van der Waals surface area contributed by atoms with Crippen LogP contribution >= 0.6 is 0 Å². The summed E-state index contributed by atoms with van der Waals surface area (Å²) in [4.78, 5) is 77.5. The molecule has 5 fully saturated rings. The number of benzene rings is 6. The minimum absolute atomic E-state index is 0. The molecule has 11 rings (SSSR count). The van der Waals surface area contributed by atoms with E-state index in [9.17, 15) is 59.9 Å². The first-order chi connectivity index (χ1) is 51.3. The van der Waals surface area contributed by atoms with Crippen molar-refractivity contribution in [3.8, 4) is 17.2 Å². The summed E-state index contributed by atoms with van der Waals surface area (Å²) in [7, 11) is 1.46. The van der Waals surface area contributed by atoms with Crippen LogP contribution < -0.4 is 46.1 Å². The Balaban J connectivity index is 0.000000290. The van der Waals surface area contributed by atoms with Crippen LogP contribution in [0.3, 0.4) is 0 Å². The maximum Gasteiger partial charge on any atom is 0.317 e. The van der Waals surface area contributed by atoms with Crippen molar-refractivity contribution in [2.75, 3.05) is 132 Å². The Morgan fingerprint density at radius 2 is 0.936 bits per heavy atom. The number of ether oxygens (including phenoxy) is 3. The average molecular weight is 1740 g/mol. The number of aryl methyl sites for hydroxylation is 4. The second-order valence-corrected chi connectivity index (χ2v) is 25.3. The van der Waals surface area contributed by atoms with Crippen molar-refractivity contribution in [3.05, 3.63) is 202 Å². The van der Waals surface area contributed by atoms with Crippen molar-refractivity contribution >= 4 is 85.1 Å². The van der Waals surface area contributed by atoms with Gasteiger partial charge in [0.1, 0.15) is 50.3 Å². The molecule has 0 saturated carbocycles. The summed E-state index contributed by atoms with van der Waals surface area (Å²) >= 11 is 0. The number of carbonyl (C=O) groups is 6. The SMILES string of the molecule is Cc1cc(C)c(OCCN2CCNC2=O)c(C)c1C=[N+](C)[O-].Cc1cc(C)c(OCCN2CCNC2=O)c(C)c1C=[N+]([O-])c1ccccc1.O=C(CCCN1CCNC1=O)c1ccc(/C=N/[O-])cc1.[CH-]=[N+]([O-])c1ccc(C(O)NCCN2CCNC2=O)cc1.[CH-]=[N+]([O-])c1ccc(OCCN2CCNC2=O)cc1.[Y].[Y].[Y]. The zero-order chi connectivity index (χ0) is 77.5. The third-order valence-electron chi connectivity index (χ3n) is 17.6. The first-order valence-electron chi connectivity index (χ1n) is 35.0. The number of ketones is 1. The van der Waals surface area contributed by atoms with Gasteiger partial charge < -0.3 is 111 Å². The normalized spacial score (nSPS) is 14.5. The summed E-state index contributed by atoms with van der Waals surface area (Å²) in [5.41, 5.74) is 10.9. The summed E-state index contributed by atoms with van der Waals surface area (Å²) < 4.78 is 19.6. The van der Waals surface area contributed by atoms with Crippen LogP contribution in [0.4, 0.5) is 41.0 Å². The maximum atomic E-state index is 12.5. The number of nitrogens with one attached hydrogen (secondary N) is 6. The molecule has 34 heteroatoms. The van der Waals surface area contributed by atoms with Gasteiger partial charge in [0.25, 0.3) is 0 Å². The average Bonchev–Trinajstić information content (AvgIpc) is 1.01. The number of aliphatic hydroxyl groups is 1. The second-order valence-electron chi connectivity index (χ2n) is 25.3. The minimum atomic E-state index is -0.854. The summed E-state index contributed by atoms with van der Waals surface area (Å²) in [5.74, 6) is 2.24. The van der Waals surface area contributed by atoms with Gasteiger partial charge in [0.15, 0.2) is 18.2 Å². The fourth-order valence-electron chi connectivity index (χ4n) is 11.9. The number of nitrogens with zero attached hydrogens (tertiary/aromatic N) is 10. The van der Waals surface area contributed by atoms with E-state index < -0.39 is 6.23 Å². The first-order valence-corrected chi connectivity index (χ1v) is 35.0. The third kappa shape index (κ3) is 29.5. The largest absolute Gasteiger partial charge is 0.792 e. The smallest absolute Gasteiger partial charge is 0.317 e. The Morgan fingerprint density at radius 3 is 1.34 bits per heavy atom. The van der Waals surface area contributed by atoms with Gasteiger partial charge in [-0.2, -0.15) is 4.74 Å².